The van der Waals surface area contributed by atoms with E-state index in [0.29, 0.717) is 12.6 Å². The molecule has 0 amide bonds. The molecule has 1 saturated carbocycles. The normalized spacial score (nSPS) is 15.8. The Morgan fingerprint density at radius 1 is 1.12 bits per heavy atom. The molecular weight excluding hydrogens is 429 g/mol. The average Bonchev–Trinajstić information content (AvgIpc) is 2.90. The second-order valence-corrected chi connectivity index (χ2v) is 6.15. The Morgan fingerprint density at radius 3 is 2.52 bits per heavy atom. The molecule has 6 heteroatoms. The fraction of sp³-hybridized carbons (Fsp3) is 0.632. The summed E-state index contributed by atoms with van der Waals surface area (Å²) in [5, 5.41) is 6.62. The molecule has 142 valence electrons. The highest BCUT2D eigenvalue weighted by Crippen LogP contribution is 2.19. The molecule has 0 spiro atoms. The molecule has 1 fully saturated rings. The molecule has 1 aliphatic carbocycles. The molecule has 2 N–H and O–H groups in total. The lowest BCUT2D eigenvalue weighted by molar-refractivity contribution is 0.0468. The van der Waals surface area contributed by atoms with Gasteiger partial charge in [0.05, 0.1) is 19.8 Å². The largest absolute Gasteiger partial charge is 0.496 e. The number of halogens is 1. The molecule has 1 aliphatic rings. The van der Waals surface area contributed by atoms with Crippen LogP contribution >= 0.6 is 24.0 Å². The van der Waals surface area contributed by atoms with Gasteiger partial charge in [-0.2, -0.15) is 0 Å². The minimum atomic E-state index is 0. The molecule has 0 aliphatic heterocycles. The first-order valence-electron chi connectivity index (χ1n) is 9.01. The quantitative estimate of drug-likeness (QED) is 0.214. The lowest BCUT2D eigenvalue weighted by atomic mass is 10.1. The average molecular weight is 461 g/mol. The molecule has 5 nitrogen and oxygen atoms in total. The first-order chi connectivity index (χ1) is 11.8. The second kappa shape index (κ2) is 13.2. The maximum Gasteiger partial charge on any atom is 0.191 e. The van der Waals surface area contributed by atoms with Gasteiger partial charge < -0.3 is 20.1 Å². The van der Waals surface area contributed by atoms with Crippen LogP contribution in [0.3, 0.4) is 0 Å². The van der Waals surface area contributed by atoms with Crippen LogP contribution in [0, 0.1) is 0 Å². The Hall–Kier alpha value is -1.02. The van der Waals surface area contributed by atoms with Crippen LogP contribution in [-0.4, -0.2) is 39.4 Å². The molecule has 0 saturated heterocycles. The summed E-state index contributed by atoms with van der Waals surface area (Å²) in [4.78, 5) is 4.26. The number of ether oxygens (including phenoxy) is 2. The summed E-state index contributed by atoms with van der Waals surface area (Å²) in [7, 11) is 3.47. The summed E-state index contributed by atoms with van der Waals surface area (Å²) in [5.74, 6) is 1.67. The predicted molar refractivity (Wildman–Crippen MR) is 114 cm³/mol. The fourth-order valence-corrected chi connectivity index (χ4v) is 3.05. The van der Waals surface area contributed by atoms with Crippen LogP contribution in [-0.2, 0) is 11.3 Å². The van der Waals surface area contributed by atoms with Gasteiger partial charge in [0.2, 0.25) is 0 Å². The smallest absolute Gasteiger partial charge is 0.191 e. The third kappa shape index (κ3) is 8.27. The van der Waals surface area contributed by atoms with Crippen LogP contribution in [0.15, 0.2) is 29.3 Å². The van der Waals surface area contributed by atoms with Gasteiger partial charge >= 0.3 is 0 Å². The van der Waals surface area contributed by atoms with Crippen molar-refractivity contribution >= 4 is 29.9 Å². The zero-order valence-electron chi connectivity index (χ0n) is 15.4. The third-order valence-electron chi connectivity index (χ3n) is 4.41. The van der Waals surface area contributed by atoms with Crippen molar-refractivity contribution in [3.8, 4) is 5.75 Å². The maximum absolute atomic E-state index is 5.99. The Kier molecular flexibility index (Phi) is 11.6. The van der Waals surface area contributed by atoms with Crippen molar-refractivity contribution in [1.82, 2.24) is 10.6 Å². The number of methoxy groups -OCH3 is 1. The Balaban J connectivity index is 0.00000312. The third-order valence-corrected chi connectivity index (χ3v) is 4.41. The first-order valence-corrected chi connectivity index (χ1v) is 9.01. The van der Waals surface area contributed by atoms with Gasteiger partial charge in [-0.25, -0.2) is 0 Å². The molecule has 1 aromatic rings. The number of rotatable bonds is 7. The van der Waals surface area contributed by atoms with Gasteiger partial charge in [-0.1, -0.05) is 43.9 Å². The number of nitrogens with one attached hydrogen (secondary N) is 2. The second-order valence-electron chi connectivity index (χ2n) is 6.15. The van der Waals surface area contributed by atoms with Gasteiger partial charge in [0.1, 0.15) is 5.75 Å². The lowest BCUT2D eigenvalue weighted by Crippen LogP contribution is -2.39. The maximum atomic E-state index is 5.99. The van der Waals surface area contributed by atoms with Gasteiger partial charge in [0.15, 0.2) is 5.96 Å². The highest BCUT2D eigenvalue weighted by atomic mass is 127. The monoisotopic (exact) mass is 461 g/mol. The number of aliphatic imine (C=N–C) groups is 1. The van der Waals surface area contributed by atoms with E-state index in [1.807, 2.05) is 24.3 Å². The minimum Gasteiger partial charge on any atom is -0.496 e. The molecular formula is C19H32IN3O2. The van der Waals surface area contributed by atoms with Crippen molar-refractivity contribution in [3.05, 3.63) is 29.8 Å². The first kappa shape index (κ1) is 22.0. The number of benzene rings is 1. The number of hydrogen-bond acceptors (Lipinski definition) is 3. The molecule has 0 unspecified atom stereocenters. The van der Waals surface area contributed by atoms with E-state index < -0.39 is 0 Å². The Labute approximate surface area is 169 Å². The lowest BCUT2D eigenvalue weighted by Gasteiger charge is -2.17. The standard InChI is InChI=1S/C19H31N3O2.HI/c1-20-19(22-15-16-9-7-8-12-18(16)23-2)21-13-14-24-17-10-5-3-4-6-11-17;/h7-9,12,17H,3-6,10-11,13-15H2,1-2H3,(H2,20,21,22);1H. The van der Waals surface area contributed by atoms with Crippen molar-refractivity contribution in [2.45, 2.75) is 51.2 Å². The number of guanidine groups is 1. The fourth-order valence-electron chi connectivity index (χ4n) is 3.05. The van der Waals surface area contributed by atoms with Gasteiger partial charge in [-0.3, -0.25) is 4.99 Å². The van der Waals surface area contributed by atoms with Gasteiger partial charge in [-0.05, 0) is 18.9 Å². The number of para-hydroxylation sites is 1. The number of nitrogens with zero attached hydrogens (tertiary/aromatic N) is 1. The van der Waals surface area contributed by atoms with Crippen LogP contribution in [0.25, 0.3) is 0 Å². The van der Waals surface area contributed by atoms with E-state index in [4.69, 9.17) is 9.47 Å². The molecule has 0 radical (unpaired) electrons. The molecule has 25 heavy (non-hydrogen) atoms. The highest BCUT2D eigenvalue weighted by molar-refractivity contribution is 14.0. The molecule has 0 heterocycles. The molecule has 0 atom stereocenters. The van der Waals surface area contributed by atoms with Crippen LogP contribution in [0.1, 0.15) is 44.1 Å². The highest BCUT2D eigenvalue weighted by Gasteiger charge is 2.12. The molecule has 1 aromatic carbocycles. The van der Waals surface area contributed by atoms with E-state index in [0.717, 1.165) is 30.4 Å². The van der Waals surface area contributed by atoms with Crippen molar-refractivity contribution in [2.24, 2.45) is 4.99 Å². The van der Waals surface area contributed by atoms with E-state index in [2.05, 4.69) is 15.6 Å². The summed E-state index contributed by atoms with van der Waals surface area (Å²) in [6.07, 6.45) is 8.19. The van der Waals surface area contributed by atoms with E-state index in [1.165, 1.54) is 38.5 Å². The van der Waals surface area contributed by atoms with Crippen molar-refractivity contribution in [1.29, 1.82) is 0 Å². The number of hydrogen-bond donors (Lipinski definition) is 2. The van der Waals surface area contributed by atoms with Gasteiger partial charge in [0.25, 0.3) is 0 Å². The zero-order valence-corrected chi connectivity index (χ0v) is 17.8. The van der Waals surface area contributed by atoms with Crippen molar-refractivity contribution < 1.29 is 9.47 Å². The summed E-state index contributed by atoms with van der Waals surface area (Å²) in [6, 6.07) is 8.00. The van der Waals surface area contributed by atoms with Crippen LogP contribution in [0.2, 0.25) is 0 Å². The summed E-state index contributed by atoms with van der Waals surface area (Å²) >= 11 is 0. The molecule has 0 bridgehead atoms. The van der Waals surface area contributed by atoms with E-state index in [-0.39, 0.29) is 24.0 Å². The SMILES string of the molecule is CN=C(NCCOC1CCCCCC1)NCc1ccccc1OC.I. The molecule has 2 rings (SSSR count). The predicted octanol–water partition coefficient (Wildman–Crippen LogP) is 3.72. The Morgan fingerprint density at radius 2 is 1.84 bits per heavy atom. The van der Waals surface area contributed by atoms with E-state index in [9.17, 15) is 0 Å². The molecule has 0 aromatic heterocycles. The minimum absolute atomic E-state index is 0. The Bertz CT molecular complexity index is 503. The van der Waals surface area contributed by atoms with Gasteiger partial charge in [-0.15, -0.1) is 24.0 Å². The topological polar surface area (TPSA) is 54.9 Å². The van der Waals surface area contributed by atoms with E-state index >= 15 is 0 Å². The van der Waals surface area contributed by atoms with Crippen LogP contribution < -0.4 is 15.4 Å². The van der Waals surface area contributed by atoms with E-state index in [1.54, 1.807) is 14.2 Å². The van der Waals surface area contributed by atoms with Gasteiger partial charge in [0, 0.05) is 25.7 Å². The van der Waals surface area contributed by atoms with Crippen molar-refractivity contribution in [2.75, 3.05) is 27.3 Å². The van der Waals surface area contributed by atoms with Crippen molar-refractivity contribution in [3.63, 3.8) is 0 Å². The summed E-state index contributed by atoms with van der Waals surface area (Å²) in [5.41, 5.74) is 1.11. The summed E-state index contributed by atoms with van der Waals surface area (Å²) < 4.78 is 11.4. The van der Waals surface area contributed by atoms with Crippen LogP contribution in [0.5, 0.6) is 5.75 Å². The zero-order chi connectivity index (χ0) is 17.0. The summed E-state index contributed by atoms with van der Waals surface area (Å²) in [6.45, 7) is 2.16. The van der Waals surface area contributed by atoms with Crippen LogP contribution in [0.4, 0.5) is 0 Å².